The Bertz CT molecular complexity index is 1140. The van der Waals surface area contributed by atoms with Gasteiger partial charge in [0.05, 0.1) is 31.5 Å². The number of hydrazone groups is 1. The molecule has 0 radical (unpaired) electrons. The lowest BCUT2D eigenvalue weighted by Crippen LogP contribution is -2.45. The summed E-state index contributed by atoms with van der Waals surface area (Å²) in [5.41, 5.74) is 4.75. The fraction of sp³-hybridized carbons (Fsp3) is 0.292. The molecule has 0 aliphatic carbocycles. The summed E-state index contributed by atoms with van der Waals surface area (Å²) in [6.45, 7) is 3.70. The van der Waals surface area contributed by atoms with Gasteiger partial charge in [0.2, 0.25) is 0 Å². The van der Waals surface area contributed by atoms with E-state index in [0.29, 0.717) is 29.4 Å². The fourth-order valence-electron chi connectivity index (χ4n) is 3.41. The molecule has 186 valence electrons. The van der Waals surface area contributed by atoms with Gasteiger partial charge >= 0.3 is 12.0 Å². The van der Waals surface area contributed by atoms with Gasteiger partial charge in [0.15, 0.2) is 17.7 Å². The number of aliphatic hydroxyl groups excluding tert-OH is 1. The van der Waals surface area contributed by atoms with E-state index in [0.717, 1.165) is 10.0 Å². The first kappa shape index (κ1) is 26.0. The molecule has 0 spiro atoms. The molecule has 1 heterocycles. The van der Waals surface area contributed by atoms with E-state index in [1.165, 1.54) is 7.11 Å². The Morgan fingerprint density at radius 2 is 2.06 bits per heavy atom. The fourth-order valence-corrected chi connectivity index (χ4v) is 3.82. The molecule has 35 heavy (non-hydrogen) atoms. The summed E-state index contributed by atoms with van der Waals surface area (Å²) in [5, 5.41) is 19.5. The van der Waals surface area contributed by atoms with Crippen LogP contribution in [0.4, 0.5) is 4.79 Å². The first-order valence-electron chi connectivity index (χ1n) is 10.8. The zero-order valence-corrected chi connectivity index (χ0v) is 21.1. The van der Waals surface area contributed by atoms with Gasteiger partial charge in [0.25, 0.3) is 0 Å². The molecule has 2 aromatic carbocycles. The van der Waals surface area contributed by atoms with Crippen molar-refractivity contribution in [2.75, 3.05) is 20.3 Å². The quantitative estimate of drug-likeness (QED) is 0.156. The number of carbonyl (C=O) groups is 2. The molecule has 3 rings (SSSR count). The minimum atomic E-state index is -1.08. The van der Waals surface area contributed by atoms with Crippen LogP contribution in [0.3, 0.4) is 0 Å². The second kappa shape index (κ2) is 12.2. The summed E-state index contributed by atoms with van der Waals surface area (Å²) in [5.74, 6) is 0.216. The zero-order valence-electron chi connectivity index (χ0n) is 19.5. The number of esters is 1. The van der Waals surface area contributed by atoms with Gasteiger partial charge < -0.3 is 30.0 Å². The third-order valence-corrected chi connectivity index (χ3v) is 5.45. The smallest absolute Gasteiger partial charge is 0.337 e. The number of carbonyl (C=O) groups excluding carboxylic acids is 2. The first-order valence-corrected chi connectivity index (χ1v) is 11.6. The lowest BCUT2D eigenvalue weighted by molar-refractivity contribution is -0.136. The number of benzene rings is 2. The first-order chi connectivity index (χ1) is 16.8. The number of urea groups is 1. The van der Waals surface area contributed by atoms with E-state index in [2.05, 4.69) is 37.1 Å². The minimum absolute atomic E-state index is 0.105. The van der Waals surface area contributed by atoms with Gasteiger partial charge in [-0.15, -0.1) is 0 Å². The van der Waals surface area contributed by atoms with Crippen LogP contribution in [0.15, 0.2) is 63.3 Å². The Kier molecular flexibility index (Phi) is 9.10. The van der Waals surface area contributed by atoms with E-state index in [9.17, 15) is 14.7 Å². The number of amides is 2. The molecule has 0 fully saturated rings. The molecule has 0 aromatic heterocycles. The number of nitrogens with one attached hydrogen (secondary N) is 3. The molecule has 0 saturated heterocycles. The van der Waals surface area contributed by atoms with Crippen LogP contribution in [-0.4, -0.2) is 49.9 Å². The molecule has 11 heteroatoms. The number of ether oxygens (including phenoxy) is 3. The van der Waals surface area contributed by atoms with Crippen molar-refractivity contribution in [2.24, 2.45) is 5.10 Å². The predicted molar refractivity (Wildman–Crippen MR) is 133 cm³/mol. The van der Waals surface area contributed by atoms with Crippen LogP contribution in [0.1, 0.15) is 31.0 Å². The largest absolute Gasteiger partial charge is 0.490 e. The van der Waals surface area contributed by atoms with E-state index in [-0.39, 0.29) is 12.2 Å². The van der Waals surface area contributed by atoms with Gasteiger partial charge in [-0.1, -0.05) is 34.1 Å². The molecule has 0 saturated carbocycles. The standard InChI is InChI=1S/C24H27BrN4O6/c1-4-34-19-11-16(22-21(23(31)33-3)14(2)27-24(32)28-22)8-9-18(19)35-13-20(30)29-26-12-15-6-5-7-17(25)10-15/h5-12,20,22,29-30H,4,13H2,1-3H3,(H2,27,28,32)/b26-12-/t20-,22+/m1/s1. The highest BCUT2D eigenvalue weighted by molar-refractivity contribution is 9.10. The van der Waals surface area contributed by atoms with Crippen LogP contribution in [0.5, 0.6) is 11.5 Å². The third-order valence-electron chi connectivity index (χ3n) is 4.96. The van der Waals surface area contributed by atoms with Gasteiger partial charge in [-0.25, -0.2) is 9.59 Å². The Labute approximate surface area is 211 Å². The maximum Gasteiger partial charge on any atom is 0.337 e. The van der Waals surface area contributed by atoms with Crippen molar-refractivity contribution in [1.82, 2.24) is 16.1 Å². The molecule has 10 nitrogen and oxygen atoms in total. The number of halogens is 1. The van der Waals surface area contributed by atoms with Crippen LogP contribution in [0.2, 0.25) is 0 Å². The number of rotatable bonds is 10. The van der Waals surface area contributed by atoms with E-state index in [1.807, 2.05) is 31.2 Å². The SMILES string of the molecule is CCOc1cc([C@@H]2NC(=O)NC(C)=C2C(=O)OC)ccc1OC[C@@H](O)N/N=C\c1cccc(Br)c1. The van der Waals surface area contributed by atoms with Gasteiger partial charge in [0.1, 0.15) is 6.61 Å². The average molecular weight is 547 g/mol. The number of allylic oxidation sites excluding steroid dienone is 1. The molecule has 1 aliphatic heterocycles. The monoisotopic (exact) mass is 546 g/mol. The summed E-state index contributed by atoms with van der Waals surface area (Å²) in [4.78, 5) is 24.4. The molecule has 4 N–H and O–H groups in total. The maximum atomic E-state index is 12.3. The van der Waals surface area contributed by atoms with E-state index < -0.39 is 24.3 Å². The van der Waals surface area contributed by atoms with E-state index in [4.69, 9.17) is 14.2 Å². The van der Waals surface area contributed by atoms with Crippen molar-refractivity contribution in [1.29, 1.82) is 0 Å². The minimum Gasteiger partial charge on any atom is -0.490 e. The number of nitrogens with zero attached hydrogens (tertiary/aromatic N) is 1. The number of hydrogen-bond donors (Lipinski definition) is 4. The molecule has 0 bridgehead atoms. The van der Waals surface area contributed by atoms with Gasteiger partial charge in [-0.05, 0) is 49.2 Å². The van der Waals surface area contributed by atoms with Crippen LogP contribution in [0, 0.1) is 0 Å². The van der Waals surface area contributed by atoms with Crippen molar-refractivity contribution in [3.63, 3.8) is 0 Å². The summed E-state index contributed by atoms with van der Waals surface area (Å²) in [7, 11) is 1.28. The second-order valence-corrected chi connectivity index (χ2v) is 8.39. The van der Waals surface area contributed by atoms with E-state index in [1.54, 1.807) is 31.3 Å². The predicted octanol–water partition coefficient (Wildman–Crippen LogP) is 2.97. The number of methoxy groups -OCH3 is 1. The van der Waals surface area contributed by atoms with Crippen molar-refractivity contribution >= 4 is 34.1 Å². The Hall–Kier alpha value is -3.57. The number of hydrogen-bond acceptors (Lipinski definition) is 8. The molecular formula is C24H27BrN4O6. The lowest BCUT2D eigenvalue weighted by Gasteiger charge is -2.28. The summed E-state index contributed by atoms with van der Waals surface area (Å²) in [6, 6.07) is 11.4. The van der Waals surface area contributed by atoms with Gasteiger partial charge in [0, 0.05) is 10.2 Å². The third kappa shape index (κ3) is 6.96. The summed E-state index contributed by atoms with van der Waals surface area (Å²) < 4.78 is 17.2. The lowest BCUT2D eigenvalue weighted by atomic mass is 9.95. The van der Waals surface area contributed by atoms with Gasteiger partial charge in [-0.2, -0.15) is 5.10 Å². The van der Waals surface area contributed by atoms with Crippen molar-refractivity contribution < 1.29 is 28.9 Å². The molecular weight excluding hydrogens is 520 g/mol. The normalized spacial score (nSPS) is 16.4. The average Bonchev–Trinajstić information content (AvgIpc) is 2.82. The van der Waals surface area contributed by atoms with Crippen LogP contribution in [-0.2, 0) is 9.53 Å². The Morgan fingerprint density at radius 3 is 2.77 bits per heavy atom. The second-order valence-electron chi connectivity index (χ2n) is 7.47. The summed E-state index contributed by atoms with van der Waals surface area (Å²) in [6.07, 6.45) is 0.503. The zero-order chi connectivity index (χ0) is 25.4. The van der Waals surface area contributed by atoms with Crippen molar-refractivity contribution in [2.45, 2.75) is 26.1 Å². The highest BCUT2D eigenvalue weighted by Crippen LogP contribution is 2.34. The molecule has 2 amide bonds. The van der Waals surface area contributed by atoms with Gasteiger partial charge in [-0.3, -0.25) is 5.43 Å². The Morgan fingerprint density at radius 1 is 1.26 bits per heavy atom. The highest BCUT2D eigenvalue weighted by Gasteiger charge is 2.32. The molecule has 0 unspecified atom stereocenters. The molecule has 1 aliphatic rings. The van der Waals surface area contributed by atoms with Crippen LogP contribution < -0.4 is 25.5 Å². The molecule has 2 atom stereocenters. The molecule has 2 aromatic rings. The van der Waals surface area contributed by atoms with E-state index >= 15 is 0 Å². The van der Waals surface area contributed by atoms with Crippen LogP contribution in [0.25, 0.3) is 0 Å². The summed E-state index contributed by atoms with van der Waals surface area (Å²) >= 11 is 3.39. The maximum absolute atomic E-state index is 12.3. The van der Waals surface area contributed by atoms with Crippen LogP contribution >= 0.6 is 15.9 Å². The Balaban J connectivity index is 1.71. The number of aliphatic hydroxyl groups is 1. The van der Waals surface area contributed by atoms with Crippen molar-refractivity contribution in [3.8, 4) is 11.5 Å². The topological polar surface area (TPSA) is 131 Å². The van der Waals surface area contributed by atoms with Crippen molar-refractivity contribution in [3.05, 3.63) is 69.3 Å². The highest BCUT2D eigenvalue weighted by atomic mass is 79.9.